The van der Waals surface area contributed by atoms with Crippen LogP contribution in [0.2, 0.25) is 0 Å². The molecule has 188 valence electrons. The Bertz CT molecular complexity index is 2170. The molecule has 1 heterocycles. The second kappa shape index (κ2) is 9.22. The minimum atomic E-state index is 0.897. The molecule has 1 aromatic heterocycles. The zero-order chi connectivity index (χ0) is 26.6. The van der Waals surface area contributed by atoms with Crippen LogP contribution in [0, 0.1) is 0 Å². The van der Waals surface area contributed by atoms with Crippen molar-refractivity contribution in [3.8, 4) is 33.4 Å². The zero-order valence-electron chi connectivity index (χ0n) is 21.6. The number of rotatable bonds is 3. The van der Waals surface area contributed by atoms with E-state index in [1.165, 1.54) is 54.9 Å². The van der Waals surface area contributed by atoms with E-state index in [0.717, 1.165) is 26.4 Å². The largest absolute Gasteiger partial charge is 0.456 e. The lowest BCUT2D eigenvalue weighted by Gasteiger charge is -2.18. The first-order chi connectivity index (χ1) is 19.8. The molecule has 0 unspecified atom stereocenters. The van der Waals surface area contributed by atoms with Crippen molar-refractivity contribution < 1.29 is 4.42 Å². The summed E-state index contributed by atoms with van der Waals surface area (Å²) < 4.78 is 7.36. The highest BCUT2D eigenvalue weighted by molar-refractivity contribution is 9.10. The van der Waals surface area contributed by atoms with E-state index >= 15 is 0 Å². The van der Waals surface area contributed by atoms with E-state index in [4.69, 9.17) is 4.42 Å². The van der Waals surface area contributed by atoms with Crippen molar-refractivity contribution in [2.24, 2.45) is 0 Å². The topological polar surface area (TPSA) is 13.1 Å². The molecule has 0 saturated heterocycles. The van der Waals surface area contributed by atoms with Crippen LogP contribution in [0.25, 0.3) is 76.9 Å². The number of hydrogen-bond donors (Lipinski definition) is 0. The minimum Gasteiger partial charge on any atom is -0.456 e. The molecule has 0 N–H and O–H groups in total. The van der Waals surface area contributed by atoms with Crippen molar-refractivity contribution in [2.75, 3.05) is 0 Å². The van der Waals surface area contributed by atoms with Gasteiger partial charge >= 0.3 is 0 Å². The van der Waals surface area contributed by atoms with Gasteiger partial charge in [0.1, 0.15) is 11.2 Å². The van der Waals surface area contributed by atoms with Gasteiger partial charge in [0, 0.05) is 15.2 Å². The third kappa shape index (κ3) is 3.61. The number of halogens is 1. The van der Waals surface area contributed by atoms with Crippen molar-refractivity contribution in [3.05, 3.63) is 144 Å². The molecule has 8 rings (SSSR count). The first-order valence-electron chi connectivity index (χ1n) is 13.5. The fourth-order valence-corrected chi connectivity index (χ4v) is 6.58. The molecule has 0 spiro atoms. The summed E-state index contributed by atoms with van der Waals surface area (Å²) in [7, 11) is 0. The normalized spacial score (nSPS) is 11.6. The highest BCUT2D eigenvalue weighted by atomic mass is 79.9. The number of benzene rings is 7. The van der Waals surface area contributed by atoms with Gasteiger partial charge in [0.25, 0.3) is 0 Å². The Morgan fingerprint density at radius 2 is 1.00 bits per heavy atom. The maximum absolute atomic E-state index is 6.32. The lowest BCUT2D eigenvalue weighted by molar-refractivity contribution is 0.669. The number of fused-ring (bicyclic) bond motifs is 5. The predicted molar refractivity (Wildman–Crippen MR) is 173 cm³/mol. The van der Waals surface area contributed by atoms with Crippen LogP contribution in [-0.2, 0) is 0 Å². The molecule has 0 aliphatic heterocycles. The average molecular weight is 576 g/mol. The zero-order valence-corrected chi connectivity index (χ0v) is 23.2. The van der Waals surface area contributed by atoms with Crippen molar-refractivity contribution in [3.63, 3.8) is 0 Å². The third-order valence-electron chi connectivity index (χ3n) is 7.92. The van der Waals surface area contributed by atoms with E-state index in [1.54, 1.807) is 0 Å². The highest BCUT2D eigenvalue weighted by Crippen LogP contribution is 2.47. The molecule has 0 atom stereocenters. The lowest BCUT2D eigenvalue weighted by Crippen LogP contribution is -1.91. The van der Waals surface area contributed by atoms with Gasteiger partial charge in [-0.3, -0.25) is 0 Å². The molecule has 0 aliphatic rings. The summed E-state index contributed by atoms with van der Waals surface area (Å²) >= 11 is 3.68. The Hall–Kier alpha value is -4.66. The fourth-order valence-electron chi connectivity index (χ4n) is 6.22. The molecule has 0 aliphatic carbocycles. The van der Waals surface area contributed by atoms with Gasteiger partial charge in [0.2, 0.25) is 0 Å². The molecule has 8 aromatic rings. The first kappa shape index (κ1) is 23.2. The quantitative estimate of drug-likeness (QED) is 0.191. The fraction of sp³-hybridized carbons (Fsp3) is 0. The van der Waals surface area contributed by atoms with Gasteiger partial charge in [-0.15, -0.1) is 0 Å². The second-order valence-corrected chi connectivity index (χ2v) is 11.1. The summed E-state index contributed by atoms with van der Waals surface area (Å²) in [4.78, 5) is 0. The van der Waals surface area contributed by atoms with Gasteiger partial charge in [0.15, 0.2) is 0 Å². The van der Waals surface area contributed by atoms with Crippen LogP contribution in [0.1, 0.15) is 0 Å². The maximum Gasteiger partial charge on any atom is 0.136 e. The number of hydrogen-bond acceptors (Lipinski definition) is 1. The Kier molecular flexibility index (Phi) is 5.36. The van der Waals surface area contributed by atoms with Crippen LogP contribution in [0.15, 0.2) is 148 Å². The van der Waals surface area contributed by atoms with Gasteiger partial charge < -0.3 is 4.42 Å². The molecular weight excluding hydrogens is 552 g/mol. The maximum atomic E-state index is 6.32. The standard InChI is InChI=1S/C38H23BrO/c39-27-20-21-34-33(23-27)38-32(18-9-19-35(38)40-34)37-30-16-6-4-14-28(30)36(29-15-5-7-17-31(29)37)26-13-8-12-25(22-26)24-10-2-1-3-11-24/h1-23H. The van der Waals surface area contributed by atoms with E-state index in [9.17, 15) is 0 Å². The van der Waals surface area contributed by atoms with E-state index < -0.39 is 0 Å². The van der Waals surface area contributed by atoms with Crippen LogP contribution in [0.5, 0.6) is 0 Å². The Labute approximate surface area is 240 Å². The van der Waals surface area contributed by atoms with Crippen LogP contribution < -0.4 is 0 Å². The smallest absolute Gasteiger partial charge is 0.136 e. The molecular formula is C38H23BrO. The highest BCUT2D eigenvalue weighted by Gasteiger charge is 2.20. The molecule has 0 saturated carbocycles. The van der Waals surface area contributed by atoms with Crippen LogP contribution in [0.4, 0.5) is 0 Å². The summed E-state index contributed by atoms with van der Waals surface area (Å²) in [6.45, 7) is 0. The second-order valence-electron chi connectivity index (χ2n) is 10.2. The van der Waals surface area contributed by atoms with Gasteiger partial charge in [0.05, 0.1) is 0 Å². The molecule has 7 aromatic carbocycles. The van der Waals surface area contributed by atoms with E-state index in [2.05, 4.69) is 143 Å². The minimum absolute atomic E-state index is 0.897. The van der Waals surface area contributed by atoms with Crippen molar-refractivity contribution in [1.82, 2.24) is 0 Å². The van der Waals surface area contributed by atoms with Crippen LogP contribution >= 0.6 is 15.9 Å². The summed E-state index contributed by atoms with van der Waals surface area (Å²) in [6.07, 6.45) is 0. The number of furan rings is 1. The Balaban J connectivity index is 1.49. The first-order valence-corrected chi connectivity index (χ1v) is 14.3. The molecule has 0 amide bonds. The van der Waals surface area contributed by atoms with E-state index in [-0.39, 0.29) is 0 Å². The molecule has 0 fully saturated rings. The van der Waals surface area contributed by atoms with Gasteiger partial charge in [-0.2, -0.15) is 0 Å². The van der Waals surface area contributed by atoms with Crippen molar-refractivity contribution >= 4 is 59.4 Å². The van der Waals surface area contributed by atoms with Crippen LogP contribution in [0.3, 0.4) is 0 Å². The van der Waals surface area contributed by atoms with Gasteiger partial charge in [-0.25, -0.2) is 0 Å². The van der Waals surface area contributed by atoms with E-state index in [1.807, 2.05) is 12.1 Å². The van der Waals surface area contributed by atoms with Gasteiger partial charge in [-0.1, -0.05) is 125 Å². The summed E-state index contributed by atoms with van der Waals surface area (Å²) in [5.74, 6) is 0. The third-order valence-corrected chi connectivity index (χ3v) is 8.41. The summed E-state index contributed by atoms with van der Waals surface area (Å²) in [6, 6.07) is 49.8. The molecule has 40 heavy (non-hydrogen) atoms. The summed E-state index contributed by atoms with van der Waals surface area (Å²) in [5.41, 5.74) is 9.14. The molecule has 1 nitrogen and oxygen atoms in total. The van der Waals surface area contributed by atoms with Crippen LogP contribution in [-0.4, -0.2) is 0 Å². The Morgan fingerprint density at radius 1 is 0.400 bits per heavy atom. The SMILES string of the molecule is Brc1ccc2oc3cccc(-c4c5ccccc5c(-c5cccc(-c6ccccc6)c5)c5ccccc45)c3c2c1. The van der Waals surface area contributed by atoms with E-state index in [0.29, 0.717) is 0 Å². The molecule has 0 radical (unpaired) electrons. The van der Waals surface area contributed by atoms with Crippen molar-refractivity contribution in [2.45, 2.75) is 0 Å². The molecule has 0 bridgehead atoms. The van der Waals surface area contributed by atoms with Crippen molar-refractivity contribution in [1.29, 1.82) is 0 Å². The Morgan fingerprint density at radius 3 is 1.73 bits per heavy atom. The predicted octanol–water partition coefficient (Wildman–Crippen LogP) is 11.7. The monoisotopic (exact) mass is 574 g/mol. The molecule has 2 heteroatoms. The lowest BCUT2D eigenvalue weighted by atomic mass is 9.84. The van der Waals surface area contributed by atoms with Gasteiger partial charge in [-0.05, 0) is 85.3 Å². The summed E-state index contributed by atoms with van der Waals surface area (Å²) in [5, 5.41) is 7.22. The average Bonchev–Trinajstić information content (AvgIpc) is 3.38.